The van der Waals surface area contributed by atoms with E-state index in [1.807, 2.05) is 6.92 Å². The Bertz CT molecular complexity index is 188. The molecule has 0 fully saturated rings. The van der Waals surface area contributed by atoms with E-state index in [1.165, 1.54) is 0 Å². The molecule has 0 atom stereocenters. The largest absolute Gasteiger partial charge is 0.528 e. The normalized spacial score (nSPS) is 10.9. The zero-order valence-corrected chi connectivity index (χ0v) is 7.58. The lowest BCUT2D eigenvalue weighted by molar-refractivity contribution is 0.176. The molecule has 0 spiro atoms. The van der Waals surface area contributed by atoms with Crippen LogP contribution in [-0.4, -0.2) is 22.4 Å². The summed E-state index contributed by atoms with van der Waals surface area (Å²) in [6.07, 6.45) is 0.545. The van der Waals surface area contributed by atoms with Gasteiger partial charge in [-0.1, -0.05) is 13.3 Å². The first kappa shape index (κ1) is 11.4. The lowest BCUT2D eigenvalue weighted by Crippen LogP contribution is -2.24. The van der Waals surface area contributed by atoms with Crippen molar-refractivity contribution in [1.29, 1.82) is 0 Å². The van der Waals surface area contributed by atoms with Crippen LogP contribution >= 0.6 is 7.82 Å². The highest BCUT2D eigenvalue weighted by Crippen LogP contribution is 2.35. The zero-order valence-electron chi connectivity index (χ0n) is 6.69. The number of nitrogens with one attached hydrogen (secondary N) is 1. The van der Waals surface area contributed by atoms with Crippen molar-refractivity contribution in [1.82, 2.24) is 5.32 Å². The molecule has 0 unspecified atom stereocenters. The minimum Gasteiger partial charge on any atom is -0.354 e. The van der Waals surface area contributed by atoms with E-state index in [0.717, 1.165) is 12.8 Å². The number of unbranched alkanes of at least 4 members (excludes halogenated alkanes) is 1. The molecular formula is C5H12NO5P. The Morgan fingerprint density at radius 2 is 2.17 bits per heavy atom. The van der Waals surface area contributed by atoms with Gasteiger partial charge in [0.2, 0.25) is 0 Å². The molecule has 1 amide bonds. The van der Waals surface area contributed by atoms with E-state index >= 15 is 0 Å². The molecule has 72 valence electrons. The molecule has 0 saturated carbocycles. The van der Waals surface area contributed by atoms with Crippen LogP contribution in [-0.2, 0) is 9.09 Å². The molecule has 12 heavy (non-hydrogen) atoms. The third-order valence-corrected chi connectivity index (χ3v) is 1.41. The van der Waals surface area contributed by atoms with Crippen molar-refractivity contribution in [3.8, 4) is 0 Å². The van der Waals surface area contributed by atoms with Crippen LogP contribution in [0, 0.1) is 0 Å². The number of carbonyl (C=O) groups is 1. The maximum absolute atomic E-state index is 10.5. The number of hydrogen-bond donors (Lipinski definition) is 3. The van der Waals surface area contributed by atoms with Crippen molar-refractivity contribution >= 4 is 13.9 Å². The fraction of sp³-hybridized carbons (Fsp3) is 0.800. The molecule has 0 aromatic heterocycles. The summed E-state index contributed by atoms with van der Waals surface area (Å²) in [4.78, 5) is 26.9. The number of amides is 1. The number of rotatable bonds is 4. The van der Waals surface area contributed by atoms with Gasteiger partial charge in [0.05, 0.1) is 0 Å². The first-order valence-electron chi connectivity index (χ1n) is 3.48. The van der Waals surface area contributed by atoms with Crippen LogP contribution in [0.3, 0.4) is 0 Å². The van der Waals surface area contributed by atoms with Crippen LogP contribution in [0.5, 0.6) is 0 Å². The quantitative estimate of drug-likeness (QED) is 0.453. The molecular weight excluding hydrogens is 185 g/mol. The van der Waals surface area contributed by atoms with E-state index in [2.05, 4.69) is 9.84 Å². The Morgan fingerprint density at radius 3 is 2.58 bits per heavy atom. The molecule has 0 heterocycles. The summed E-state index contributed by atoms with van der Waals surface area (Å²) in [7, 11) is -4.68. The van der Waals surface area contributed by atoms with Gasteiger partial charge in [-0.3, -0.25) is 9.79 Å². The molecule has 3 N–H and O–H groups in total. The van der Waals surface area contributed by atoms with E-state index < -0.39 is 13.9 Å². The second-order valence-electron chi connectivity index (χ2n) is 2.15. The van der Waals surface area contributed by atoms with E-state index in [1.54, 1.807) is 0 Å². The lowest BCUT2D eigenvalue weighted by Gasteiger charge is -2.05. The molecule has 0 saturated heterocycles. The standard InChI is InChI=1S/C5H12NO5P/c1-2-3-4-6-5(7)11-12(8,9)10/h2-4H2,1H3,(H,6,7)(H2,8,9,10). The summed E-state index contributed by atoms with van der Waals surface area (Å²) in [6, 6.07) is 0. The Hall–Kier alpha value is -0.580. The summed E-state index contributed by atoms with van der Waals surface area (Å²) >= 11 is 0. The average Bonchev–Trinajstić information content (AvgIpc) is 1.84. The Labute approximate surface area is 70.2 Å². The molecule has 0 aromatic carbocycles. The molecule has 0 bridgehead atoms. The first-order valence-corrected chi connectivity index (χ1v) is 5.01. The van der Waals surface area contributed by atoms with Gasteiger partial charge >= 0.3 is 13.9 Å². The van der Waals surface area contributed by atoms with Crippen molar-refractivity contribution < 1.29 is 23.7 Å². The second kappa shape index (κ2) is 5.13. The van der Waals surface area contributed by atoms with Crippen LogP contribution < -0.4 is 5.32 Å². The molecule has 0 rings (SSSR count). The van der Waals surface area contributed by atoms with Crippen molar-refractivity contribution in [2.75, 3.05) is 6.54 Å². The Balaban J connectivity index is 3.54. The number of carbonyl (C=O) groups excluding carboxylic acids is 1. The predicted octanol–water partition coefficient (Wildman–Crippen LogP) is 0.605. The lowest BCUT2D eigenvalue weighted by atomic mass is 10.3. The maximum Gasteiger partial charge on any atom is 0.528 e. The van der Waals surface area contributed by atoms with Crippen LogP contribution in [0.1, 0.15) is 19.8 Å². The smallest absolute Gasteiger partial charge is 0.354 e. The van der Waals surface area contributed by atoms with Crippen molar-refractivity contribution in [3.05, 3.63) is 0 Å². The molecule has 6 nitrogen and oxygen atoms in total. The fourth-order valence-corrected chi connectivity index (χ4v) is 0.788. The van der Waals surface area contributed by atoms with Gasteiger partial charge < -0.3 is 9.84 Å². The predicted molar refractivity (Wildman–Crippen MR) is 41.4 cm³/mol. The first-order chi connectivity index (χ1) is 5.45. The number of hydrogen-bond acceptors (Lipinski definition) is 3. The van der Waals surface area contributed by atoms with Gasteiger partial charge in [0.25, 0.3) is 0 Å². The second-order valence-corrected chi connectivity index (χ2v) is 3.31. The van der Waals surface area contributed by atoms with Crippen LogP contribution in [0.2, 0.25) is 0 Å². The van der Waals surface area contributed by atoms with E-state index in [0.29, 0.717) is 6.54 Å². The summed E-state index contributed by atoms with van der Waals surface area (Å²) in [5.74, 6) is 0. The van der Waals surface area contributed by atoms with E-state index in [9.17, 15) is 9.36 Å². The molecule has 0 aliphatic carbocycles. The van der Waals surface area contributed by atoms with Gasteiger partial charge in [-0.15, -0.1) is 0 Å². The van der Waals surface area contributed by atoms with Gasteiger partial charge in [-0.25, -0.2) is 9.36 Å². The Kier molecular flexibility index (Phi) is 4.89. The summed E-state index contributed by atoms with van der Waals surface area (Å²) in [6.45, 7) is 2.28. The minimum atomic E-state index is -4.68. The molecule has 0 aromatic rings. The zero-order chi connectivity index (χ0) is 9.61. The third kappa shape index (κ3) is 7.53. The highest BCUT2D eigenvalue weighted by Gasteiger charge is 2.19. The topological polar surface area (TPSA) is 95.9 Å². The minimum absolute atomic E-state index is 0.356. The molecule has 0 aliphatic rings. The monoisotopic (exact) mass is 197 g/mol. The van der Waals surface area contributed by atoms with Gasteiger partial charge in [-0.05, 0) is 6.42 Å². The third-order valence-electron chi connectivity index (χ3n) is 1.00. The van der Waals surface area contributed by atoms with Crippen molar-refractivity contribution in [2.24, 2.45) is 0 Å². The summed E-state index contributed by atoms with van der Waals surface area (Å²) in [5, 5.41) is 2.19. The Morgan fingerprint density at radius 1 is 1.58 bits per heavy atom. The van der Waals surface area contributed by atoms with Crippen molar-refractivity contribution in [2.45, 2.75) is 19.8 Å². The SMILES string of the molecule is CCCCNC(=O)OP(=O)(O)O. The fourth-order valence-electron chi connectivity index (χ4n) is 0.508. The van der Waals surface area contributed by atoms with Gasteiger partial charge in [-0.2, -0.15) is 0 Å². The maximum atomic E-state index is 10.5. The van der Waals surface area contributed by atoms with E-state index in [-0.39, 0.29) is 0 Å². The van der Waals surface area contributed by atoms with Crippen LogP contribution in [0.4, 0.5) is 4.79 Å². The van der Waals surface area contributed by atoms with Crippen LogP contribution in [0.15, 0.2) is 0 Å². The molecule has 0 aliphatic heterocycles. The highest BCUT2D eigenvalue weighted by molar-refractivity contribution is 7.46. The van der Waals surface area contributed by atoms with Crippen molar-refractivity contribution in [3.63, 3.8) is 0 Å². The van der Waals surface area contributed by atoms with E-state index in [4.69, 9.17) is 9.79 Å². The van der Waals surface area contributed by atoms with Gasteiger partial charge in [0, 0.05) is 6.54 Å². The molecule has 7 heteroatoms. The van der Waals surface area contributed by atoms with Gasteiger partial charge in [0.1, 0.15) is 0 Å². The average molecular weight is 197 g/mol. The number of phosphoric ester groups is 1. The number of phosphoric acid groups is 1. The van der Waals surface area contributed by atoms with Gasteiger partial charge in [0.15, 0.2) is 0 Å². The molecule has 0 radical (unpaired) electrons. The summed E-state index contributed by atoms with van der Waals surface area (Å²) < 4.78 is 13.8. The van der Waals surface area contributed by atoms with Crippen LogP contribution in [0.25, 0.3) is 0 Å². The highest BCUT2D eigenvalue weighted by atomic mass is 31.2. The summed E-state index contributed by atoms with van der Waals surface area (Å²) in [5.41, 5.74) is 0.